The Morgan fingerprint density at radius 2 is 1.81 bits per heavy atom. The van der Waals surface area contributed by atoms with E-state index in [0.717, 1.165) is 5.56 Å². The number of hydrogen-bond acceptors (Lipinski definition) is 5. The number of sulfonamides is 1. The van der Waals surface area contributed by atoms with E-state index in [-0.39, 0.29) is 28.8 Å². The van der Waals surface area contributed by atoms with Crippen molar-refractivity contribution < 1.29 is 23.4 Å². The molecule has 4 N–H and O–H groups in total. The number of urea groups is 1. The summed E-state index contributed by atoms with van der Waals surface area (Å²) in [6.07, 6.45) is 2.31. The second kappa shape index (κ2) is 10.3. The van der Waals surface area contributed by atoms with E-state index in [9.17, 15) is 23.4 Å². The van der Waals surface area contributed by atoms with Crippen LogP contribution >= 0.6 is 0 Å². The van der Waals surface area contributed by atoms with Gasteiger partial charge < -0.3 is 20.4 Å². The van der Waals surface area contributed by atoms with Crippen molar-refractivity contribution in [1.82, 2.24) is 14.9 Å². The van der Waals surface area contributed by atoms with E-state index < -0.39 is 16.1 Å². The number of nitrogens with zero attached hydrogens (tertiary/aromatic N) is 1. The van der Waals surface area contributed by atoms with Gasteiger partial charge in [0.1, 0.15) is 5.75 Å². The molecule has 1 saturated carbocycles. The summed E-state index contributed by atoms with van der Waals surface area (Å²) in [6, 6.07) is 12.6. The molecule has 2 aromatic carbocycles. The third kappa shape index (κ3) is 5.99. The number of aliphatic hydroxyl groups is 1. The molecular formula is C23H31N3O5S. The standard InChI is InChI=1S/C23H31N3O5S/c1-16(18-6-4-8-22(14-18)32(30,31)24-2)25-23(29)26(19-9-11-20(27)12-10-19)15-17-5-3-7-21(28)13-17/h3-8,13-14,16,19-20,24,27-28H,9-12,15H2,1-2H3,(H,25,29). The van der Waals surface area contributed by atoms with Gasteiger partial charge in [-0.05, 0) is 75.0 Å². The third-order valence-corrected chi connectivity index (χ3v) is 7.32. The van der Waals surface area contributed by atoms with E-state index in [1.54, 1.807) is 48.2 Å². The maximum atomic E-state index is 13.3. The van der Waals surface area contributed by atoms with Crippen molar-refractivity contribution in [2.24, 2.45) is 0 Å². The van der Waals surface area contributed by atoms with Gasteiger partial charge in [0, 0.05) is 12.6 Å². The number of phenols is 1. The fourth-order valence-corrected chi connectivity index (χ4v) is 4.79. The molecule has 0 radical (unpaired) electrons. The number of phenolic OH excluding ortho intramolecular Hbond substituents is 1. The molecule has 8 nitrogen and oxygen atoms in total. The van der Waals surface area contributed by atoms with Gasteiger partial charge in [0.25, 0.3) is 0 Å². The topological polar surface area (TPSA) is 119 Å². The van der Waals surface area contributed by atoms with Crippen molar-refractivity contribution in [3.05, 3.63) is 59.7 Å². The average Bonchev–Trinajstić information content (AvgIpc) is 2.78. The van der Waals surface area contributed by atoms with Crippen molar-refractivity contribution >= 4 is 16.1 Å². The molecule has 32 heavy (non-hydrogen) atoms. The molecule has 2 amide bonds. The van der Waals surface area contributed by atoms with Crippen LogP contribution in [0.1, 0.15) is 49.8 Å². The fraction of sp³-hybridized carbons (Fsp3) is 0.435. The Bertz CT molecular complexity index is 1040. The number of aliphatic hydroxyl groups excluding tert-OH is 1. The van der Waals surface area contributed by atoms with Crippen LogP contribution in [-0.4, -0.2) is 48.8 Å². The van der Waals surface area contributed by atoms with Crippen LogP contribution in [0.3, 0.4) is 0 Å². The zero-order valence-electron chi connectivity index (χ0n) is 18.4. The summed E-state index contributed by atoms with van der Waals surface area (Å²) in [5.74, 6) is 0.137. The van der Waals surface area contributed by atoms with Gasteiger partial charge in [-0.15, -0.1) is 0 Å². The number of amides is 2. The van der Waals surface area contributed by atoms with Crippen LogP contribution in [0, 0.1) is 0 Å². The first-order chi connectivity index (χ1) is 15.2. The summed E-state index contributed by atoms with van der Waals surface area (Å²) in [5.41, 5.74) is 1.48. The summed E-state index contributed by atoms with van der Waals surface area (Å²) < 4.78 is 26.5. The minimum atomic E-state index is -3.59. The first kappa shape index (κ1) is 24.0. The van der Waals surface area contributed by atoms with E-state index in [0.29, 0.717) is 37.8 Å². The molecule has 9 heteroatoms. The lowest BCUT2D eigenvalue weighted by molar-refractivity contribution is 0.0811. The summed E-state index contributed by atoms with van der Waals surface area (Å²) >= 11 is 0. The molecule has 0 saturated heterocycles. The largest absolute Gasteiger partial charge is 0.508 e. The summed E-state index contributed by atoms with van der Waals surface area (Å²) in [6.45, 7) is 2.13. The van der Waals surface area contributed by atoms with Crippen LogP contribution in [0.15, 0.2) is 53.4 Å². The molecular weight excluding hydrogens is 430 g/mol. The maximum Gasteiger partial charge on any atom is 0.318 e. The van der Waals surface area contributed by atoms with Crippen LogP contribution in [0.5, 0.6) is 5.75 Å². The quantitative estimate of drug-likeness (QED) is 0.506. The van der Waals surface area contributed by atoms with Gasteiger partial charge in [-0.3, -0.25) is 0 Å². The fourth-order valence-electron chi connectivity index (χ4n) is 4.01. The van der Waals surface area contributed by atoms with Crippen molar-refractivity contribution in [3.8, 4) is 5.75 Å². The van der Waals surface area contributed by atoms with Crippen molar-refractivity contribution in [1.29, 1.82) is 0 Å². The lowest BCUT2D eigenvalue weighted by atomic mass is 9.92. The Kier molecular flexibility index (Phi) is 7.76. The number of hydrogen-bond donors (Lipinski definition) is 4. The lowest BCUT2D eigenvalue weighted by Crippen LogP contribution is -2.48. The first-order valence-electron chi connectivity index (χ1n) is 10.8. The molecule has 1 aliphatic carbocycles. The molecule has 0 bridgehead atoms. The summed E-state index contributed by atoms with van der Waals surface area (Å²) in [5, 5.41) is 22.7. The highest BCUT2D eigenvalue weighted by molar-refractivity contribution is 7.89. The van der Waals surface area contributed by atoms with Crippen molar-refractivity contribution in [2.75, 3.05) is 7.05 Å². The van der Waals surface area contributed by atoms with Gasteiger partial charge in [-0.1, -0.05) is 24.3 Å². The SMILES string of the molecule is CNS(=O)(=O)c1cccc(C(C)NC(=O)N(Cc2cccc(O)c2)C2CCC(O)CC2)c1. The molecule has 0 spiro atoms. The molecule has 1 fully saturated rings. The Balaban J connectivity index is 1.79. The number of benzene rings is 2. The van der Waals surface area contributed by atoms with E-state index in [1.165, 1.54) is 13.1 Å². The average molecular weight is 462 g/mol. The lowest BCUT2D eigenvalue weighted by Gasteiger charge is -2.36. The molecule has 0 aromatic heterocycles. The third-order valence-electron chi connectivity index (χ3n) is 5.91. The van der Waals surface area contributed by atoms with Crippen LogP contribution in [0.25, 0.3) is 0 Å². The number of carbonyl (C=O) groups excluding carboxylic acids is 1. The van der Waals surface area contributed by atoms with Gasteiger partial charge >= 0.3 is 6.03 Å². The zero-order valence-corrected chi connectivity index (χ0v) is 19.2. The number of rotatable bonds is 7. The first-order valence-corrected chi connectivity index (χ1v) is 12.2. The maximum absolute atomic E-state index is 13.3. The van der Waals surface area contributed by atoms with E-state index in [1.807, 2.05) is 6.07 Å². The Labute approximate surface area is 189 Å². The van der Waals surface area contributed by atoms with Crippen LogP contribution in [0.4, 0.5) is 4.79 Å². The van der Waals surface area contributed by atoms with Gasteiger partial charge in [0.15, 0.2) is 0 Å². The van der Waals surface area contributed by atoms with Crippen LogP contribution in [0.2, 0.25) is 0 Å². The predicted molar refractivity (Wildman–Crippen MR) is 122 cm³/mol. The van der Waals surface area contributed by atoms with E-state index in [2.05, 4.69) is 10.0 Å². The van der Waals surface area contributed by atoms with E-state index >= 15 is 0 Å². The van der Waals surface area contributed by atoms with Crippen molar-refractivity contribution in [3.63, 3.8) is 0 Å². The molecule has 1 unspecified atom stereocenters. The van der Waals surface area contributed by atoms with Gasteiger partial charge in [-0.2, -0.15) is 0 Å². The minimum Gasteiger partial charge on any atom is -0.508 e. The Hall–Kier alpha value is -2.62. The highest BCUT2D eigenvalue weighted by Crippen LogP contribution is 2.26. The van der Waals surface area contributed by atoms with Crippen molar-refractivity contribution in [2.45, 2.75) is 62.2 Å². The number of nitrogens with one attached hydrogen (secondary N) is 2. The Morgan fingerprint density at radius 3 is 2.47 bits per heavy atom. The van der Waals surface area contributed by atoms with Gasteiger partial charge in [0.05, 0.1) is 17.0 Å². The number of aromatic hydroxyl groups is 1. The highest BCUT2D eigenvalue weighted by Gasteiger charge is 2.29. The van der Waals surface area contributed by atoms with Crippen LogP contribution in [-0.2, 0) is 16.6 Å². The molecule has 3 rings (SSSR count). The second-order valence-corrected chi connectivity index (χ2v) is 10.1. The smallest absolute Gasteiger partial charge is 0.318 e. The molecule has 0 heterocycles. The zero-order chi connectivity index (χ0) is 23.3. The molecule has 2 aromatic rings. The molecule has 0 aliphatic heterocycles. The second-order valence-electron chi connectivity index (χ2n) is 8.21. The van der Waals surface area contributed by atoms with Gasteiger partial charge in [0.2, 0.25) is 10.0 Å². The molecule has 1 atom stereocenters. The molecule has 174 valence electrons. The minimum absolute atomic E-state index is 0.0380. The predicted octanol–water partition coefficient (Wildman–Crippen LogP) is 2.88. The molecule has 1 aliphatic rings. The monoisotopic (exact) mass is 461 g/mol. The summed E-state index contributed by atoms with van der Waals surface area (Å²) in [7, 11) is -2.23. The summed E-state index contributed by atoms with van der Waals surface area (Å²) in [4.78, 5) is 15.2. The van der Waals surface area contributed by atoms with E-state index in [4.69, 9.17) is 0 Å². The van der Waals surface area contributed by atoms with Gasteiger partial charge in [-0.25, -0.2) is 17.9 Å². The van der Waals surface area contributed by atoms with Crippen LogP contribution < -0.4 is 10.0 Å². The Morgan fingerprint density at radius 1 is 1.12 bits per heavy atom. The normalized spacial score (nSPS) is 19.8. The number of carbonyl (C=O) groups is 1. The highest BCUT2D eigenvalue weighted by atomic mass is 32.2.